The van der Waals surface area contributed by atoms with Crippen molar-refractivity contribution in [1.82, 2.24) is 24.7 Å². The molecular formula is C7H9N7S. The molecule has 0 aliphatic carbocycles. The molecule has 0 aliphatic heterocycles. The molecule has 0 saturated heterocycles. The Kier molecular flexibility index (Phi) is 2.79. The number of hydrazine groups is 1. The molecule has 0 atom stereocenters. The minimum absolute atomic E-state index is 0.516. The maximum Gasteiger partial charge on any atom is 0.197 e. The van der Waals surface area contributed by atoms with E-state index in [0.29, 0.717) is 10.8 Å². The molecule has 0 spiro atoms. The topological polar surface area (TPSA) is 94.5 Å². The molecular weight excluding hydrogens is 214 g/mol. The van der Waals surface area contributed by atoms with Gasteiger partial charge < -0.3 is 9.99 Å². The molecule has 2 aromatic heterocycles. The monoisotopic (exact) mass is 223 g/mol. The second-order valence-electron chi connectivity index (χ2n) is 2.71. The molecule has 0 bridgehead atoms. The lowest BCUT2D eigenvalue weighted by molar-refractivity contribution is 0.786. The van der Waals surface area contributed by atoms with Crippen LogP contribution in [-0.4, -0.2) is 24.7 Å². The van der Waals surface area contributed by atoms with Gasteiger partial charge in [0, 0.05) is 7.05 Å². The van der Waals surface area contributed by atoms with Gasteiger partial charge in [-0.2, -0.15) is 0 Å². The fourth-order valence-corrected chi connectivity index (χ4v) is 1.65. The molecule has 15 heavy (non-hydrogen) atoms. The SMILES string of the molecule is Cn1cnnc1Sc1cncc(NN)n1. The highest BCUT2D eigenvalue weighted by atomic mass is 32.2. The first-order chi connectivity index (χ1) is 7.29. The number of anilines is 1. The van der Waals surface area contributed by atoms with Crippen LogP contribution in [0.4, 0.5) is 5.82 Å². The fraction of sp³-hybridized carbons (Fsp3) is 0.143. The minimum atomic E-state index is 0.516. The lowest BCUT2D eigenvalue weighted by atomic mass is 10.7. The molecule has 78 valence electrons. The largest absolute Gasteiger partial charge is 0.311 e. The quantitative estimate of drug-likeness (QED) is 0.560. The van der Waals surface area contributed by atoms with Gasteiger partial charge in [0.15, 0.2) is 11.0 Å². The summed E-state index contributed by atoms with van der Waals surface area (Å²) in [5.41, 5.74) is 2.43. The molecule has 2 aromatic rings. The second-order valence-corrected chi connectivity index (χ2v) is 3.70. The molecule has 0 radical (unpaired) electrons. The van der Waals surface area contributed by atoms with E-state index in [-0.39, 0.29) is 0 Å². The van der Waals surface area contributed by atoms with E-state index in [1.54, 1.807) is 23.3 Å². The highest BCUT2D eigenvalue weighted by Gasteiger charge is 2.05. The van der Waals surface area contributed by atoms with E-state index < -0.39 is 0 Å². The van der Waals surface area contributed by atoms with Crippen molar-refractivity contribution in [3.8, 4) is 0 Å². The number of nitrogen functional groups attached to an aromatic ring is 1. The summed E-state index contributed by atoms with van der Waals surface area (Å²) in [6.45, 7) is 0. The zero-order valence-electron chi connectivity index (χ0n) is 7.95. The number of nitrogens with one attached hydrogen (secondary N) is 1. The molecule has 0 amide bonds. The van der Waals surface area contributed by atoms with Crippen LogP contribution in [0, 0.1) is 0 Å². The summed E-state index contributed by atoms with van der Waals surface area (Å²) in [5.74, 6) is 5.74. The first kappa shape index (κ1) is 9.87. The summed E-state index contributed by atoms with van der Waals surface area (Å²) in [4.78, 5) is 8.17. The van der Waals surface area contributed by atoms with Crippen molar-refractivity contribution in [1.29, 1.82) is 0 Å². The van der Waals surface area contributed by atoms with Crippen LogP contribution in [0.15, 0.2) is 28.9 Å². The average Bonchev–Trinajstić information content (AvgIpc) is 2.65. The number of hydrogen-bond acceptors (Lipinski definition) is 7. The maximum atomic E-state index is 5.23. The summed E-state index contributed by atoms with van der Waals surface area (Å²) in [7, 11) is 1.86. The number of hydrogen-bond donors (Lipinski definition) is 2. The maximum absolute atomic E-state index is 5.23. The van der Waals surface area contributed by atoms with E-state index in [1.807, 2.05) is 7.05 Å². The molecule has 2 rings (SSSR count). The Labute approximate surface area is 90.1 Å². The van der Waals surface area contributed by atoms with Crippen molar-refractivity contribution in [2.24, 2.45) is 12.9 Å². The summed E-state index contributed by atoms with van der Waals surface area (Å²) in [6, 6.07) is 0. The van der Waals surface area contributed by atoms with Crippen molar-refractivity contribution >= 4 is 17.6 Å². The van der Waals surface area contributed by atoms with Gasteiger partial charge in [-0.25, -0.2) is 10.8 Å². The Morgan fingerprint density at radius 3 is 3.00 bits per heavy atom. The molecule has 0 saturated carbocycles. The van der Waals surface area contributed by atoms with Crippen molar-refractivity contribution in [3.05, 3.63) is 18.7 Å². The third-order valence-corrected chi connectivity index (χ3v) is 2.58. The van der Waals surface area contributed by atoms with Crippen molar-refractivity contribution in [2.45, 2.75) is 10.2 Å². The zero-order valence-corrected chi connectivity index (χ0v) is 8.77. The molecule has 8 heteroatoms. The molecule has 0 fully saturated rings. The van der Waals surface area contributed by atoms with Gasteiger partial charge in [-0.3, -0.25) is 4.98 Å². The van der Waals surface area contributed by atoms with Crippen molar-refractivity contribution in [3.63, 3.8) is 0 Å². The van der Waals surface area contributed by atoms with Crippen LogP contribution in [0.1, 0.15) is 0 Å². The van der Waals surface area contributed by atoms with Gasteiger partial charge in [0.2, 0.25) is 0 Å². The van der Waals surface area contributed by atoms with Gasteiger partial charge >= 0.3 is 0 Å². The van der Waals surface area contributed by atoms with Crippen molar-refractivity contribution in [2.75, 3.05) is 5.43 Å². The smallest absolute Gasteiger partial charge is 0.197 e. The van der Waals surface area contributed by atoms with Crippen molar-refractivity contribution < 1.29 is 0 Å². The number of nitrogens with zero attached hydrogens (tertiary/aromatic N) is 5. The fourth-order valence-electron chi connectivity index (χ4n) is 0.925. The van der Waals surface area contributed by atoms with Gasteiger partial charge in [0.05, 0.1) is 12.4 Å². The Balaban J connectivity index is 2.21. The van der Waals surface area contributed by atoms with E-state index in [0.717, 1.165) is 5.16 Å². The van der Waals surface area contributed by atoms with E-state index in [2.05, 4.69) is 25.6 Å². The van der Waals surface area contributed by atoms with Crippen LogP contribution >= 0.6 is 11.8 Å². The van der Waals surface area contributed by atoms with Gasteiger partial charge in [0.1, 0.15) is 11.4 Å². The Morgan fingerprint density at radius 2 is 2.33 bits per heavy atom. The van der Waals surface area contributed by atoms with E-state index in [9.17, 15) is 0 Å². The van der Waals surface area contributed by atoms with E-state index in [4.69, 9.17) is 5.84 Å². The third kappa shape index (κ3) is 2.22. The number of aryl methyl sites for hydroxylation is 1. The highest BCUT2D eigenvalue weighted by Crippen LogP contribution is 2.22. The Bertz CT molecular complexity index is 454. The average molecular weight is 223 g/mol. The Morgan fingerprint density at radius 1 is 1.47 bits per heavy atom. The predicted octanol–water partition coefficient (Wildman–Crippen LogP) is 0.0419. The zero-order chi connectivity index (χ0) is 10.7. The molecule has 3 N–H and O–H groups in total. The van der Waals surface area contributed by atoms with Gasteiger partial charge in [-0.15, -0.1) is 10.2 Å². The van der Waals surface area contributed by atoms with Crippen LogP contribution in [0.3, 0.4) is 0 Å². The number of nitrogens with two attached hydrogens (primary N) is 1. The van der Waals surface area contributed by atoms with Crippen LogP contribution in [-0.2, 0) is 7.05 Å². The van der Waals surface area contributed by atoms with E-state index in [1.165, 1.54) is 11.8 Å². The number of aromatic nitrogens is 5. The van der Waals surface area contributed by atoms with Crippen LogP contribution in [0.5, 0.6) is 0 Å². The minimum Gasteiger partial charge on any atom is -0.311 e. The molecule has 0 aromatic carbocycles. The molecule has 7 nitrogen and oxygen atoms in total. The van der Waals surface area contributed by atoms with E-state index >= 15 is 0 Å². The standard InChI is InChI=1S/C7H9N7S/c1-14-4-10-13-7(14)15-6-3-9-2-5(11-6)12-8/h2-4H,8H2,1H3,(H,11,12). The third-order valence-electron chi connectivity index (χ3n) is 1.63. The van der Waals surface area contributed by atoms with Gasteiger partial charge in [-0.05, 0) is 11.8 Å². The highest BCUT2D eigenvalue weighted by molar-refractivity contribution is 7.99. The molecule has 2 heterocycles. The van der Waals surface area contributed by atoms with Gasteiger partial charge in [0.25, 0.3) is 0 Å². The van der Waals surface area contributed by atoms with Crippen LogP contribution in [0.2, 0.25) is 0 Å². The van der Waals surface area contributed by atoms with Crippen LogP contribution < -0.4 is 11.3 Å². The first-order valence-electron chi connectivity index (χ1n) is 4.10. The lowest BCUT2D eigenvalue weighted by Gasteiger charge is -2.01. The Hall–Kier alpha value is -1.67. The number of rotatable bonds is 3. The second kappa shape index (κ2) is 4.24. The summed E-state index contributed by atoms with van der Waals surface area (Å²) >= 11 is 1.37. The predicted molar refractivity (Wildman–Crippen MR) is 55.0 cm³/mol. The normalized spacial score (nSPS) is 10.3. The molecule has 0 unspecified atom stereocenters. The summed E-state index contributed by atoms with van der Waals surface area (Å²) in [5, 5.41) is 9.15. The summed E-state index contributed by atoms with van der Waals surface area (Å²) in [6.07, 6.45) is 4.81. The summed E-state index contributed by atoms with van der Waals surface area (Å²) < 4.78 is 1.80. The van der Waals surface area contributed by atoms with Gasteiger partial charge in [-0.1, -0.05) is 0 Å². The van der Waals surface area contributed by atoms with Crippen LogP contribution in [0.25, 0.3) is 0 Å². The lowest BCUT2D eigenvalue weighted by Crippen LogP contribution is -2.08. The molecule has 0 aliphatic rings. The first-order valence-corrected chi connectivity index (χ1v) is 4.92.